The Labute approximate surface area is 91.1 Å². The molecule has 1 aliphatic heterocycles. The van der Waals surface area contributed by atoms with E-state index in [0.29, 0.717) is 33.0 Å². The largest absolute Gasteiger partial charge is 0.382 e. The fourth-order valence-electron chi connectivity index (χ4n) is 1.69. The van der Waals surface area contributed by atoms with Gasteiger partial charge in [-0.25, -0.2) is 0 Å². The van der Waals surface area contributed by atoms with Gasteiger partial charge in [0, 0.05) is 26.9 Å². The van der Waals surface area contributed by atoms with Gasteiger partial charge in [0.2, 0.25) is 0 Å². The standard InChI is InChI=1S/C11H19NO3/c1-13-8-9-15-7-4-11(10-12)2-5-14-6-3-11/h2-9H2,1H3. The van der Waals surface area contributed by atoms with Crippen molar-refractivity contribution in [3.63, 3.8) is 0 Å². The molecule has 0 amide bonds. The molecule has 0 aliphatic carbocycles. The van der Waals surface area contributed by atoms with E-state index >= 15 is 0 Å². The van der Waals surface area contributed by atoms with Crippen LogP contribution < -0.4 is 0 Å². The number of methoxy groups -OCH3 is 1. The maximum Gasteiger partial charge on any atom is 0.0700 e. The summed E-state index contributed by atoms with van der Waals surface area (Å²) < 4.78 is 15.5. The molecule has 1 rings (SSSR count). The number of nitriles is 1. The second kappa shape index (κ2) is 6.78. The van der Waals surface area contributed by atoms with E-state index in [1.807, 2.05) is 0 Å². The number of ether oxygens (including phenoxy) is 3. The molecule has 0 atom stereocenters. The summed E-state index contributed by atoms with van der Waals surface area (Å²) in [7, 11) is 1.65. The molecular weight excluding hydrogens is 194 g/mol. The first kappa shape index (κ1) is 12.4. The molecule has 0 spiro atoms. The molecule has 1 aliphatic rings. The number of nitrogens with zero attached hydrogens (tertiary/aromatic N) is 1. The van der Waals surface area contributed by atoms with Crippen molar-refractivity contribution in [2.75, 3.05) is 40.1 Å². The molecule has 0 aromatic carbocycles. The van der Waals surface area contributed by atoms with Gasteiger partial charge in [0.05, 0.1) is 24.7 Å². The normalized spacial score (nSPS) is 19.7. The van der Waals surface area contributed by atoms with Crippen LogP contribution in [0.2, 0.25) is 0 Å². The lowest BCUT2D eigenvalue weighted by Gasteiger charge is -2.30. The molecular formula is C11H19NO3. The maximum absolute atomic E-state index is 9.16. The Bertz CT molecular complexity index is 206. The summed E-state index contributed by atoms with van der Waals surface area (Å²) >= 11 is 0. The molecule has 1 fully saturated rings. The van der Waals surface area contributed by atoms with E-state index in [4.69, 9.17) is 19.5 Å². The highest BCUT2D eigenvalue weighted by molar-refractivity contribution is 4.99. The second-order valence-electron chi connectivity index (χ2n) is 3.86. The molecule has 0 bridgehead atoms. The Kier molecular flexibility index (Phi) is 5.62. The predicted molar refractivity (Wildman–Crippen MR) is 55.4 cm³/mol. The second-order valence-corrected chi connectivity index (χ2v) is 3.86. The molecule has 4 nitrogen and oxygen atoms in total. The van der Waals surface area contributed by atoms with Gasteiger partial charge in [-0.2, -0.15) is 5.26 Å². The minimum Gasteiger partial charge on any atom is -0.382 e. The maximum atomic E-state index is 9.16. The Hall–Kier alpha value is -0.630. The summed E-state index contributed by atoms with van der Waals surface area (Å²) in [5.74, 6) is 0. The number of hydrogen-bond donors (Lipinski definition) is 0. The van der Waals surface area contributed by atoms with Crippen LogP contribution >= 0.6 is 0 Å². The van der Waals surface area contributed by atoms with Gasteiger partial charge in [0.1, 0.15) is 0 Å². The monoisotopic (exact) mass is 213 g/mol. The van der Waals surface area contributed by atoms with E-state index in [-0.39, 0.29) is 5.41 Å². The van der Waals surface area contributed by atoms with Crippen LogP contribution in [0.1, 0.15) is 19.3 Å². The van der Waals surface area contributed by atoms with Crippen LogP contribution in [-0.4, -0.2) is 40.1 Å². The first-order valence-corrected chi connectivity index (χ1v) is 5.39. The Morgan fingerprint density at radius 3 is 2.60 bits per heavy atom. The van der Waals surface area contributed by atoms with Crippen LogP contribution in [0.5, 0.6) is 0 Å². The van der Waals surface area contributed by atoms with E-state index in [2.05, 4.69) is 6.07 Å². The van der Waals surface area contributed by atoms with Gasteiger partial charge in [0.25, 0.3) is 0 Å². The summed E-state index contributed by atoms with van der Waals surface area (Å²) in [4.78, 5) is 0. The lowest BCUT2D eigenvalue weighted by molar-refractivity contribution is 0.0122. The van der Waals surface area contributed by atoms with Crippen molar-refractivity contribution in [2.45, 2.75) is 19.3 Å². The van der Waals surface area contributed by atoms with Gasteiger partial charge in [0.15, 0.2) is 0 Å². The first-order valence-electron chi connectivity index (χ1n) is 5.39. The van der Waals surface area contributed by atoms with Gasteiger partial charge in [-0.3, -0.25) is 0 Å². The van der Waals surface area contributed by atoms with Gasteiger partial charge in [-0.1, -0.05) is 0 Å². The Morgan fingerprint density at radius 1 is 1.27 bits per heavy atom. The molecule has 0 N–H and O–H groups in total. The minimum absolute atomic E-state index is 0.217. The van der Waals surface area contributed by atoms with Crippen molar-refractivity contribution in [1.29, 1.82) is 5.26 Å². The third kappa shape index (κ3) is 4.17. The van der Waals surface area contributed by atoms with E-state index in [0.717, 1.165) is 19.3 Å². The van der Waals surface area contributed by atoms with Crippen molar-refractivity contribution < 1.29 is 14.2 Å². The number of rotatable bonds is 6. The fraction of sp³-hybridized carbons (Fsp3) is 0.909. The van der Waals surface area contributed by atoms with Crippen molar-refractivity contribution in [3.8, 4) is 6.07 Å². The molecule has 0 aromatic rings. The van der Waals surface area contributed by atoms with E-state index in [1.165, 1.54) is 0 Å². The van der Waals surface area contributed by atoms with E-state index in [1.54, 1.807) is 7.11 Å². The van der Waals surface area contributed by atoms with Gasteiger partial charge in [-0.15, -0.1) is 0 Å². The van der Waals surface area contributed by atoms with Crippen molar-refractivity contribution in [2.24, 2.45) is 5.41 Å². The zero-order chi connectivity index (χ0) is 11.0. The molecule has 0 saturated carbocycles. The highest BCUT2D eigenvalue weighted by Crippen LogP contribution is 2.33. The molecule has 1 saturated heterocycles. The fourth-order valence-corrected chi connectivity index (χ4v) is 1.69. The van der Waals surface area contributed by atoms with Crippen molar-refractivity contribution >= 4 is 0 Å². The van der Waals surface area contributed by atoms with Crippen LogP contribution in [0, 0.1) is 16.7 Å². The zero-order valence-electron chi connectivity index (χ0n) is 9.33. The lowest BCUT2D eigenvalue weighted by atomic mass is 9.79. The van der Waals surface area contributed by atoms with Crippen LogP contribution in [0.25, 0.3) is 0 Å². The predicted octanol–water partition coefficient (Wildman–Crippen LogP) is 1.36. The smallest absolute Gasteiger partial charge is 0.0700 e. The molecule has 1 heterocycles. The van der Waals surface area contributed by atoms with Crippen molar-refractivity contribution in [3.05, 3.63) is 0 Å². The van der Waals surface area contributed by atoms with Crippen LogP contribution in [0.15, 0.2) is 0 Å². The van der Waals surface area contributed by atoms with Gasteiger partial charge >= 0.3 is 0 Å². The highest BCUT2D eigenvalue weighted by Gasteiger charge is 2.32. The summed E-state index contributed by atoms with van der Waals surface area (Å²) in [6, 6.07) is 2.42. The third-order valence-electron chi connectivity index (χ3n) is 2.84. The molecule has 4 heteroatoms. The summed E-state index contributed by atoms with van der Waals surface area (Å²) in [6.45, 7) is 3.26. The average molecular weight is 213 g/mol. The average Bonchev–Trinajstić information content (AvgIpc) is 2.30. The quantitative estimate of drug-likeness (QED) is 0.625. The van der Waals surface area contributed by atoms with Crippen LogP contribution in [-0.2, 0) is 14.2 Å². The SMILES string of the molecule is COCCOCCC1(C#N)CCOCC1. The summed E-state index contributed by atoms with van der Waals surface area (Å²) in [5, 5.41) is 9.16. The first-order chi connectivity index (χ1) is 7.33. The van der Waals surface area contributed by atoms with Crippen LogP contribution in [0.4, 0.5) is 0 Å². The molecule has 86 valence electrons. The molecule has 15 heavy (non-hydrogen) atoms. The highest BCUT2D eigenvalue weighted by atomic mass is 16.5. The lowest BCUT2D eigenvalue weighted by Crippen LogP contribution is -2.29. The van der Waals surface area contributed by atoms with E-state index in [9.17, 15) is 0 Å². The Balaban J connectivity index is 2.19. The topological polar surface area (TPSA) is 51.5 Å². The Morgan fingerprint density at radius 2 is 2.00 bits per heavy atom. The summed E-state index contributed by atoms with van der Waals surface area (Å²) in [5.41, 5.74) is -0.217. The third-order valence-corrected chi connectivity index (χ3v) is 2.84. The van der Waals surface area contributed by atoms with E-state index < -0.39 is 0 Å². The van der Waals surface area contributed by atoms with Gasteiger partial charge in [-0.05, 0) is 19.3 Å². The van der Waals surface area contributed by atoms with Gasteiger partial charge < -0.3 is 14.2 Å². The number of hydrogen-bond acceptors (Lipinski definition) is 4. The zero-order valence-corrected chi connectivity index (χ0v) is 9.33. The molecule has 0 unspecified atom stereocenters. The molecule has 0 aromatic heterocycles. The summed E-state index contributed by atoms with van der Waals surface area (Å²) in [6.07, 6.45) is 2.46. The van der Waals surface area contributed by atoms with Crippen LogP contribution in [0.3, 0.4) is 0 Å². The minimum atomic E-state index is -0.217. The molecule has 0 radical (unpaired) electrons. The van der Waals surface area contributed by atoms with Crippen molar-refractivity contribution in [1.82, 2.24) is 0 Å².